The van der Waals surface area contributed by atoms with Crippen LogP contribution in [0, 0.1) is 0 Å². The van der Waals surface area contributed by atoms with Gasteiger partial charge in [0.25, 0.3) is 0 Å². The number of rotatable bonds is 3. The maximum atomic E-state index is 11.3. The molecule has 1 N–H and O–H groups in total. The van der Waals surface area contributed by atoms with Gasteiger partial charge in [-0.3, -0.25) is 0 Å². The van der Waals surface area contributed by atoms with Crippen molar-refractivity contribution in [3.63, 3.8) is 0 Å². The van der Waals surface area contributed by atoms with Crippen LogP contribution in [0.5, 0.6) is 0 Å². The first-order valence-electron chi connectivity index (χ1n) is 5.20. The van der Waals surface area contributed by atoms with Gasteiger partial charge in [-0.25, -0.2) is 0 Å². The van der Waals surface area contributed by atoms with Gasteiger partial charge in [-0.05, 0) is 0 Å². The van der Waals surface area contributed by atoms with Gasteiger partial charge < -0.3 is 0 Å². The van der Waals surface area contributed by atoms with E-state index in [-0.39, 0.29) is 15.0 Å². The fraction of sp³-hybridized carbons (Fsp3) is 0.417. The van der Waals surface area contributed by atoms with Crippen LogP contribution in [-0.2, 0) is 4.79 Å². The van der Waals surface area contributed by atoms with Crippen molar-refractivity contribution in [2.24, 2.45) is 0 Å². The van der Waals surface area contributed by atoms with E-state index in [1.54, 1.807) is 0 Å². The van der Waals surface area contributed by atoms with E-state index in [2.05, 4.69) is 0 Å². The summed E-state index contributed by atoms with van der Waals surface area (Å²) >= 11 is 0.0661. The van der Waals surface area contributed by atoms with E-state index in [0.29, 0.717) is 0 Å². The molecule has 1 saturated carbocycles. The Bertz CT molecular complexity index is 342. The van der Waals surface area contributed by atoms with Crippen LogP contribution >= 0.6 is 0 Å². The summed E-state index contributed by atoms with van der Waals surface area (Å²) in [5.41, 5.74) is 0. The fourth-order valence-electron chi connectivity index (χ4n) is 2.02. The molecule has 1 fully saturated rings. The van der Waals surface area contributed by atoms with Crippen LogP contribution in [0.3, 0.4) is 0 Å². The number of aliphatic carboxylic acids is 1. The van der Waals surface area contributed by atoms with Crippen LogP contribution in [0.1, 0.15) is 25.7 Å². The molecule has 1 aliphatic carbocycles. The van der Waals surface area contributed by atoms with Crippen molar-refractivity contribution in [1.29, 1.82) is 0 Å². The first-order valence-corrected chi connectivity index (χ1v) is 6.92. The molecule has 0 saturated heterocycles. The fourth-order valence-corrected chi connectivity index (χ4v) is 4.80. The van der Waals surface area contributed by atoms with Crippen molar-refractivity contribution >= 4 is 25.4 Å². The first kappa shape index (κ1) is 10.7. The van der Waals surface area contributed by atoms with Gasteiger partial charge in [0.05, 0.1) is 0 Å². The molecule has 1 aromatic carbocycles. The van der Waals surface area contributed by atoms with Crippen molar-refractivity contribution in [2.45, 2.75) is 30.0 Å². The summed E-state index contributed by atoms with van der Waals surface area (Å²) in [4.78, 5) is 11.3. The molecule has 0 heterocycles. The standard InChI is InChI=1S/C12H14O2Se/c13-11(14)12(8-4-5-9-12)15-10-6-2-1-3-7-10/h1-3,6-7H,4-5,8-9H2,(H,13,14). The molecule has 0 aromatic heterocycles. The summed E-state index contributed by atoms with van der Waals surface area (Å²) < 4.78 is 0.781. The zero-order valence-electron chi connectivity index (χ0n) is 8.48. The zero-order chi connectivity index (χ0) is 10.7. The van der Waals surface area contributed by atoms with Crippen molar-refractivity contribution < 1.29 is 9.90 Å². The Morgan fingerprint density at radius 2 is 1.80 bits per heavy atom. The van der Waals surface area contributed by atoms with Gasteiger partial charge in [0, 0.05) is 0 Å². The number of hydrogen-bond acceptors (Lipinski definition) is 1. The molecular formula is C12H14O2Se. The Labute approximate surface area is 95.9 Å². The first-order chi connectivity index (χ1) is 7.23. The van der Waals surface area contributed by atoms with Crippen LogP contribution in [-0.4, -0.2) is 26.0 Å². The number of carboxylic acids is 1. The van der Waals surface area contributed by atoms with Gasteiger partial charge in [0.15, 0.2) is 0 Å². The molecule has 15 heavy (non-hydrogen) atoms. The molecule has 0 unspecified atom stereocenters. The summed E-state index contributed by atoms with van der Waals surface area (Å²) in [7, 11) is 0. The van der Waals surface area contributed by atoms with E-state index in [0.717, 1.165) is 25.7 Å². The third-order valence-corrected chi connectivity index (χ3v) is 5.97. The third-order valence-electron chi connectivity index (χ3n) is 2.86. The predicted octanol–water partition coefficient (Wildman–Crippen LogP) is 1.83. The van der Waals surface area contributed by atoms with Crippen molar-refractivity contribution in [3.8, 4) is 0 Å². The summed E-state index contributed by atoms with van der Waals surface area (Å²) in [6.45, 7) is 0. The number of benzene rings is 1. The van der Waals surface area contributed by atoms with E-state index in [4.69, 9.17) is 0 Å². The monoisotopic (exact) mass is 270 g/mol. The minimum atomic E-state index is -0.594. The van der Waals surface area contributed by atoms with Gasteiger partial charge in [-0.1, -0.05) is 0 Å². The molecule has 0 spiro atoms. The van der Waals surface area contributed by atoms with E-state index in [9.17, 15) is 9.90 Å². The summed E-state index contributed by atoms with van der Waals surface area (Å²) in [6, 6.07) is 10.0. The number of carboxylic acid groups (broad SMARTS) is 1. The summed E-state index contributed by atoms with van der Waals surface area (Å²) in [5, 5.41) is 9.34. The van der Waals surface area contributed by atoms with Crippen molar-refractivity contribution in [2.75, 3.05) is 0 Å². The average molecular weight is 269 g/mol. The van der Waals surface area contributed by atoms with Gasteiger partial charge in [-0.15, -0.1) is 0 Å². The molecule has 0 aliphatic heterocycles. The Morgan fingerprint density at radius 1 is 1.20 bits per heavy atom. The average Bonchev–Trinajstić information content (AvgIpc) is 2.69. The summed E-state index contributed by atoms with van der Waals surface area (Å²) in [6.07, 6.45) is 3.86. The van der Waals surface area contributed by atoms with E-state index < -0.39 is 10.3 Å². The van der Waals surface area contributed by atoms with Gasteiger partial charge >= 0.3 is 95.6 Å². The molecule has 2 rings (SSSR count). The Kier molecular flexibility index (Phi) is 3.13. The molecule has 3 heteroatoms. The minimum absolute atomic E-state index is 0.0661. The second-order valence-electron chi connectivity index (χ2n) is 3.92. The maximum absolute atomic E-state index is 11.3. The van der Waals surface area contributed by atoms with E-state index in [1.807, 2.05) is 30.3 Å². The molecular weight excluding hydrogens is 255 g/mol. The zero-order valence-corrected chi connectivity index (χ0v) is 10.2. The SMILES string of the molecule is O=C(O)C1([Se]c2ccccc2)CCCC1. The van der Waals surface area contributed by atoms with Gasteiger partial charge in [-0.2, -0.15) is 0 Å². The predicted molar refractivity (Wildman–Crippen MR) is 60.6 cm³/mol. The van der Waals surface area contributed by atoms with Crippen LogP contribution in [0.25, 0.3) is 0 Å². The van der Waals surface area contributed by atoms with Crippen LogP contribution in [0.15, 0.2) is 30.3 Å². The summed E-state index contributed by atoms with van der Waals surface area (Å²) in [5.74, 6) is -0.594. The normalized spacial score (nSPS) is 18.9. The molecule has 1 aliphatic rings. The Morgan fingerprint density at radius 3 is 2.33 bits per heavy atom. The second-order valence-corrected chi connectivity index (χ2v) is 6.98. The molecule has 80 valence electrons. The quantitative estimate of drug-likeness (QED) is 0.850. The Balaban J connectivity index is 2.18. The number of hydrogen-bond donors (Lipinski definition) is 1. The van der Waals surface area contributed by atoms with E-state index >= 15 is 0 Å². The van der Waals surface area contributed by atoms with Crippen LogP contribution in [0.2, 0.25) is 4.31 Å². The molecule has 0 atom stereocenters. The van der Waals surface area contributed by atoms with Crippen molar-refractivity contribution in [1.82, 2.24) is 0 Å². The van der Waals surface area contributed by atoms with E-state index in [1.165, 1.54) is 4.46 Å². The Hall–Kier alpha value is -0.791. The van der Waals surface area contributed by atoms with Crippen LogP contribution in [0.4, 0.5) is 0 Å². The van der Waals surface area contributed by atoms with Gasteiger partial charge in [0.1, 0.15) is 0 Å². The second kappa shape index (κ2) is 4.38. The number of carbonyl (C=O) groups is 1. The molecule has 0 bridgehead atoms. The topological polar surface area (TPSA) is 37.3 Å². The molecule has 1 aromatic rings. The van der Waals surface area contributed by atoms with Crippen LogP contribution < -0.4 is 4.46 Å². The molecule has 0 amide bonds. The van der Waals surface area contributed by atoms with Crippen molar-refractivity contribution in [3.05, 3.63) is 30.3 Å². The molecule has 2 nitrogen and oxygen atoms in total. The van der Waals surface area contributed by atoms with Gasteiger partial charge in [0.2, 0.25) is 0 Å². The third kappa shape index (κ3) is 2.24. The molecule has 0 radical (unpaired) electrons.